The molecule has 3 rings (SSSR count). The van der Waals surface area contributed by atoms with Crippen LogP contribution in [0.15, 0.2) is 47.0 Å². The van der Waals surface area contributed by atoms with Crippen LogP contribution in [0.2, 0.25) is 10.0 Å². The second-order valence-electron chi connectivity index (χ2n) is 5.54. The number of hydrogen-bond donors (Lipinski definition) is 2. The molecule has 7 nitrogen and oxygen atoms in total. The van der Waals surface area contributed by atoms with E-state index in [1.165, 1.54) is 36.4 Å². The number of hydrogen-bond acceptors (Lipinski definition) is 5. The van der Waals surface area contributed by atoms with Crippen molar-refractivity contribution in [2.75, 3.05) is 13.1 Å². The molecule has 1 aromatic heterocycles. The van der Waals surface area contributed by atoms with Crippen molar-refractivity contribution in [1.82, 2.24) is 20.8 Å². The molecule has 10 heteroatoms. The summed E-state index contributed by atoms with van der Waals surface area (Å²) in [5.74, 6) is -1.88. The lowest BCUT2D eigenvalue weighted by Gasteiger charge is -2.06. The molecule has 0 unspecified atom stereocenters. The lowest BCUT2D eigenvalue weighted by atomic mass is 10.2. The van der Waals surface area contributed by atoms with Crippen LogP contribution in [0, 0.1) is 5.82 Å². The maximum atomic E-state index is 13.7. The lowest BCUT2D eigenvalue weighted by molar-refractivity contribution is 0.0898. The number of carbonyl (C=O) groups is 2. The van der Waals surface area contributed by atoms with Crippen LogP contribution in [-0.2, 0) is 0 Å². The lowest BCUT2D eigenvalue weighted by Crippen LogP contribution is -2.34. The normalized spacial score (nSPS) is 10.5. The van der Waals surface area contributed by atoms with Gasteiger partial charge in [-0.15, -0.1) is 0 Å². The Balaban J connectivity index is 1.50. The molecule has 0 saturated carbocycles. The van der Waals surface area contributed by atoms with Gasteiger partial charge in [-0.3, -0.25) is 9.59 Å². The average Bonchev–Trinajstić information content (AvgIpc) is 3.17. The molecule has 0 aliphatic heterocycles. The van der Waals surface area contributed by atoms with Gasteiger partial charge in [-0.05, 0) is 30.3 Å². The summed E-state index contributed by atoms with van der Waals surface area (Å²) in [6, 6.07) is 10.4. The van der Waals surface area contributed by atoms with Gasteiger partial charge in [-0.2, -0.15) is 4.98 Å². The van der Waals surface area contributed by atoms with E-state index in [0.29, 0.717) is 10.6 Å². The Morgan fingerprint density at radius 2 is 1.71 bits per heavy atom. The summed E-state index contributed by atoms with van der Waals surface area (Å²) >= 11 is 11.7. The van der Waals surface area contributed by atoms with Crippen molar-refractivity contribution >= 4 is 35.0 Å². The Bertz CT molecular complexity index is 1030. The first-order valence-electron chi connectivity index (χ1n) is 8.06. The van der Waals surface area contributed by atoms with E-state index in [-0.39, 0.29) is 41.3 Å². The fourth-order valence-corrected chi connectivity index (χ4v) is 2.53. The number of halogens is 3. The Morgan fingerprint density at radius 1 is 1.00 bits per heavy atom. The largest absolute Gasteiger partial charge is 0.350 e. The molecule has 2 N–H and O–H groups in total. The van der Waals surface area contributed by atoms with Crippen LogP contribution in [0.4, 0.5) is 4.39 Å². The molecule has 144 valence electrons. The molecule has 0 fully saturated rings. The predicted molar refractivity (Wildman–Crippen MR) is 101 cm³/mol. The molecule has 0 radical (unpaired) electrons. The van der Waals surface area contributed by atoms with Crippen LogP contribution in [0.3, 0.4) is 0 Å². The topological polar surface area (TPSA) is 97.1 Å². The molecular formula is C18H13Cl2FN4O3. The third-order valence-electron chi connectivity index (χ3n) is 3.61. The number of carbonyl (C=O) groups excluding carboxylic acids is 2. The molecule has 28 heavy (non-hydrogen) atoms. The summed E-state index contributed by atoms with van der Waals surface area (Å²) in [6.07, 6.45) is 0. The molecule has 2 aromatic carbocycles. The highest BCUT2D eigenvalue weighted by molar-refractivity contribution is 6.42. The Hall–Kier alpha value is -2.97. The van der Waals surface area contributed by atoms with Crippen LogP contribution >= 0.6 is 23.2 Å². The van der Waals surface area contributed by atoms with Gasteiger partial charge in [0.1, 0.15) is 5.82 Å². The van der Waals surface area contributed by atoms with Crippen molar-refractivity contribution < 1.29 is 18.5 Å². The fourth-order valence-electron chi connectivity index (χ4n) is 2.23. The molecule has 1 heterocycles. The number of nitrogens with zero attached hydrogens (tertiary/aromatic N) is 2. The van der Waals surface area contributed by atoms with Crippen molar-refractivity contribution in [3.05, 3.63) is 69.8 Å². The van der Waals surface area contributed by atoms with Crippen molar-refractivity contribution in [3.8, 4) is 11.4 Å². The zero-order chi connectivity index (χ0) is 20.1. The maximum Gasteiger partial charge on any atom is 0.316 e. The van der Waals surface area contributed by atoms with E-state index >= 15 is 0 Å². The van der Waals surface area contributed by atoms with Gasteiger partial charge in [0.25, 0.3) is 5.91 Å². The fraction of sp³-hybridized carbons (Fsp3) is 0.111. The maximum absolute atomic E-state index is 13.7. The summed E-state index contributed by atoms with van der Waals surface area (Å²) in [4.78, 5) is 27.9. The molecule has 3 aromatic rings. The average molecular weight is 423 g/mol. The summed E-state index contributed by atoms with van der Waals surface area (Å²) < 4.78 is 18.6. The van der Waals surface area contributed by atoms with E-state index in [9.17, 15) is 14.0 Å². The van der Waals surface area contributed by atoms with Crippen molar-refractivity contribution in [1.29, 1.82) is 0 Å². The molecule has 0 aliphatic carbocycles. The number of rotatable bonds is 6. The van der Waals surface area contributed by atoms with Gasteiger partial charge in [0.15, 0.2) is 0 Å². The molecule has 2 amide bonds. The van der Waals surface area contributed by atoms with Gasteiger partial charge in [-0.25, -0.2) is 4.39 Å². The summed E-state index contributed by atoms with van der Waals surface area (Å²) in [6.45, 7) is 0.266. The van der Waals surface area contributed by atoms with Crippen LogP contribution in [-0.4, -0.2) is 35.0 Å². The predicted octanol–water partition coefficient (Wildman–Crippen LogP) is 3.34. The summed E-state index contributed by atoms with van der Waals surface area (Å²) in [5, 5.41) is 9.35. The molecule has 0 saturated heterocycles. The molecule has 0 bridgehead atoms. The minimum absolute atomic E-state index is 0.0313. The molecule has 0 aliphatic rings. The Kier molecular flexibility index (Phi) is 6.23. The van der Waals surface area contributed by atoms with Crippen molar-refractivity contribution in [2.24, 2.45) is 0 Å². The number of benzene rings is 2. The van der Waals surface area contributed by atoms with Crippen LogP contribution in [0.25, 0.3) is 11.4 Å². The van der Waals surface area contributed by atoms with Crippen LogP contribution in [0.5, 0.6) is 0 Å². The molecule has 0 atom stereocenters. The highest BCUT2D eigenvalue weighted by atomic mass is 35.5. The standard InChI is InChI=1S/C18H13Cl2FN4O3/c19-12-6-5-10(9-13(12)20)16(26)22-7-8-23-17(27)18-24-15(25-28-18)11-3-1-2-4-14(11)21/h1-6,9H,7-8H2,(H,22,26)(H,23,27). The van der Waals surface area contributed by atoms with E-state index < -0.39 is 11.7 Å². The molecular weight excluding hydrogens is 410 g/mol. The SMILES string of the molecule is O=C(NCCNC(=O)c1nc(-c2ccccc2F)no1)c1ccc(Cl)c(Cl)c1. The Labute approximate surface area is 168 Å². The first-order valence-corrected chi connectivity index (χ1v) is 8.81. The second kappa shape index (κ2) is 8.81. The quantitative estimate of drug-likeness (QED) is 0.593. The first-order chi connectivity index (χ1) is 13.5. The van der Waals surface area contributed by atoms with Gasteiger partial charge in [-0.1, -0.05) is 40.5 Å². The molecule has 0 spiro atoms. The highest BCUT2D eigenvalue weighted by Crippen LogP contribution is 2.22. The number of aromatic nitrogens is 2. The van der Waals surface area contributed by atoms with E-state index in [0.717, 1.165) is 0 Å². The zero-order valence-corrected chi connectivity index (χ0v) is 15.7. The van der Waals surface area contributed by atoms with E-state index in [2.05, 4.69) is 20.8 Å². The van der Waals surface area contributed by atoms with Gasteiger partial charge in [0, 0.05) is 18.7 Å². The van der Waals surface area contributed by atoms with Gasteiger partial charge in [0.05, 0.1) is 15.6 Å². The van der Waals surface area contributed by atoms with Crippen molar-refractivity contribution in [2.45, 2.75) is 0 Å². The summed E-state index contributed by atoms with van der Waals surface area (Å²) in [5.41, 5.74) is 0.464. The number of nitrogens with one attached hydrogen (secondary N) is 2. The van der Waals surface area contributed by atoms with E-state index in [1.54, 1.807) is 6.07 Å². The second-order valence-corrected chi connectivity index (χ2v) is 6.36. The monoisotopic (exact) mass is 422 g/mol. The third kappa shape index (κ3) is 4.65. The Morgan fingerprint density at radius 3 is 2.43 bits per heavy atom. The number of amides is 2. The highest BCUT2D eigenvalue weighted by Gasteiger charge is 2.17. The summed E-state index contributed by atoms with van der Waals surface area (Å²) in [7, 11) is 0. The van der Waals surface area contributed by atoms with Gasteiger partial charge in [0.2, 0.25) is 5.82 Å². The van der Waals surface area contributed by atoms with Gasteiger partial charge < -0.3 is 15.2 Å². The van der Waals surface area contributed by atoms with E-state index in [4.69, 9.17) is 27.7 Å². The smallest absolute Gasteiger partial charge is 0.316 e. The minimum atomic E-state index is -0.640. The van der Waals surface area contributed by atoms with Gasteiger partial charge >= 0.3 is 11.8 Å². The first kappa shape index (κ1) is 19.8. The van der Waals surface area contributed by atoms with Crippen LogP contribution in [0.1, 0.15) is 21.0 Å². The zero-order valence-electron chi connectivity index (χ0n) is 14.2. The van der Waals surface area contributed by atoms with Crippen LogP contribution < -0.4 is 10.6 Å². The minimum Gasteiger partial charge on any atom is -0.350 e. The van der Waals surface area contributed by atoms with Crippen molar-refractivity contribution in [3.63, 3.8) is 0 Å². The van der Waals surface area contributed by atoms with E-state index in [1.807, 2.05) is 0 Å². The third-order valence-corrected chi connectivity index (χ3v) is 4.35.